The van der Waals surface area contributed by atoms with Crippen LogP contribution in [0.15, 0.2) is 29.3 Å². The summed E-state index contributed by atoms with van der Waals surface area (Å²) in [5.74, 6) is -1.09. The Bertz CT molecular complexity index is 1310. The molecule has 1 saturated heterocycles. The monoisotopic (exact) mass is 470 g/mol. The van der Waals surface area contributed by atoms with Crippen LogP contribution in [0.4, 0.5) is 4.39 Å². The van der Waals surface area contributed by atoms with E-state index in [4.69, 9.17) is 9.47 Å². The Hall–Kier alpha value is -3.64. The average molecular weight is 470 g/mol. The van der Waals surface area contributed by atoms with Gasteiger partial charge in [0.05, 0.1) is 12.0 Å². The van der Waals surface area contributed by atoms with E-state index in [1.165, 1.54) is 33.8 Å². The van der Waals surface area contributed by atoms with Crippen LogP contribution in [-0.4, -0.2) is 55.1 Å². The summed E-state index contributed by atoms with van der Waals surface area (Å²) in [6.07, 6.45) is 2.52. The van der Waals surface area contributed by atoms with Gasteiger partial charge in [-0.05, 0) is 30.5 Å². The minimum Gasteiger partial charge on any atom is -0.501 e. The molecule has 12 heteroatoms. The zero-order valence-corrected chi connectivity index (χ0v) is 18.5. The largest absolute Gasteiger partial charge is 0.501 e. The molecule has 0 saturated carbocycles. The Balaban J connectivity index is 1.46. The third kappa shape index (κ3) is 3.74. The maximum Gasteiger partial charge on any atom is 0.298 e. The fourth-order valence-electron chi connectivity index (χ4n) is 4.46. The Morgan fingerprint density at radius 3 is 2.82 bits per heavy atom. The Morgan fingerprint density at radius 2 is 2.09 bits per heavy atom. The van der Waals surface area contributed by atoms with Crippen molar-refractivity contribution in [3.05, 3.63) is 57.8 Å². The highest BCUT2D eigenvalue weighted by molar-refractivity contribution is 5.94. The number of fused-ring (bicyclic) bond motifs is 2. The summed E-state index contributed by atoms with van der Waals surface area (Å²) in [4.78, 5) is 34.5. The molecule has 11 nitrogen and oxygen atoms in total. The van der Waals surface area contributed by atoms with Gasteiger partial charge in [0.2, 0.25) is 5.75 Å². The molecule has 1 spiro atoms. The quantitative estimate of drug-likeness (QED) is 0.573. The maximum absolute atomic E-state index is 13.9. The van der Waals surface area contributed by atoms with Gasteiger partial charge in [-0.2, -0.15) is 5.10 Å². The first kappa shape index (κ1) is 22.2. The summed E-state index contributed by atoms with van der Waals surface area (Å²) in [5, 5.41) is 17.2. The molecule has 0 unspecified atom stereocenters. The summed E-state index contributed by atoms with van der Waals surface area (Å²) in [6, 6.07) is 4.11. The number of amides is 1. The van der Waals surface area contributed by atoms with E-state index in [-0.39, 0.29) is 19.0 Å². The molecule has 0 radical (unpaired) electrons. The van der Waals surface area contributed by atoms with Gasteiger partial charge in [0.1, 0.15) is 24.7 Å². The number of nitrogens with one attached hydrogen (secondary N) is 1. The molecule has 2 aliphatic heterocycles. The first-order chi connectivity index (χ1) is 16.4. The van der Waals surface area contributed by atoms with Gasteiger partial charge in [-0.25, -0.2) is 19.0 Å². The number of aromatic hydroxyl groups is 1. The molecule has 1 amide bonds. The number of ether oxygens (including phenoxy) is 2. The van der Waals surface area contributed by atoms with Gasteiger partial charge >= 0.3 is 0 Å². The van der Waals surface area contributed by atoms with E-state index in [0.29, 0.717) is 55.4 Å². The number of aromatic nitrogens is 5. The lowest BCUT2D eigenvalue weighted by molar-refractivity contribution is -0.0505. The van der Waals surface area contributed by atoms with Crippen molar-refractivity contribution in [3.63, 3.8) is 0 Å². The molecule has 0 aliphatic carbocycles. The van der Waals surface area contributed by atoms with E-state index in [2.05, 4.69) is 20.4 Å². The molecular formula is C22H23FN6O5. The van der Waals surface area contributed by atoms with Crippen molar-refractivity contribution in [2.45, 2.75) is 31.5 Å². The van der Waals surface area contributed by atoms with Crippen LogP contribution in [0.2, 0.25) is 0 Å². The van der Waals surface area contributed by atoms with Crippen molar-refractivity contribution in [1.82, 2.24) is 29.6 Å². The number of nitrogens with zero attached hydrogens (tertiary/aromatic N) is 5. The second kappa shape index (κ2) is 8.61. The second-order valence-corrected chi connectivity index (χ2v) is 8.43. The number of carbonyl (C=O) groups excluding carboxylic acids is 1. The van der Waals surface area contributed by atoms with Crippen LogP contribution in [0.3, 0.4) is 0 Å². The van der Waals surface area contributed by atoms with Crippen molar-refractivity contribution in [3.8, 4) is 17.1 Å². The van der Waals surface area contributed by atoms with Crippen molar-refractivity contribution in [2.24, 2.45) is 7.05 Å². The van der Waals surface area contributed by atoms with E-state index < -0.39 is 28.4 Å². The molecule has 3 aromatic rings. The van der Waals surface area contributed by atoms with Crippen LogP contribution in [0.5, 0.6) is 5.75 Å². The van der Waals surface area contributed by atoms with E-state index in [9.17, 15) is 19.1 Å². The molecule has 178 valence electrons. The molecule has 2 N–H and O–H groups in total. The first-order valence-corrected chi connectivity index (χ1v) is 10.8. The summed E-state index contributed by atoms with van der Waals surface area (Å²) in [6.45, 7) is 1.26. The SMILES string of the molecule is Cn1ncnc1-c1cc(F)ccc1CNC(=O)c1nc2n(c(=O)c1O)COCC21CCOCC1. The van der Waals surface area contributed by atoms with Crippen molar-refractivity contribution in [2.75, 3.05) is 19.8 Å². The number of hydrogen-bond acceptors (Lipinski definition) is 8. The van der Waals surface area contributed by atoms with Gasteiger partial charge in [-0.3, -0.25) is 14.2 Å². The third-order valence-corrected chi connectivity index (χ3v) is 6.35. The lowest BCUT2D eigenvalue weighted by Gasteiger charge is -2.40. The molecule has 5 rings (SSSR count). The minimum atomic E-state index is -0.749. The first-order valence-electron chi connectivity index (χ1n) is 10.8. The average Bonchev–Trinajstić information content (AvgIpc) is 3.27. The van der Waals surface area contributed by atoms with Gasteiger partial charge in [0.25, 0.3) is 11.5 Å². The van der Waals surface area contributed by atoms with Gasteiger partial charge in [-0.15, -0.1) is 0 Å². The highest BCUT2D eigenvalue weighted by Crippen LogP contribution is 2.36. The Kier molecular flexibility index (Phi) is 5.62. The molecule has 1 aromatic carbocycles. The minimum absolute atomic E-state index is 0.0110. The van der Waals surface area contributed by atoms with Crippen LogP contribution in [0.25, 0.3) is 11.4 Å². The zero-order valence-electron chi connectivity index (χ0n) is 18.5. The second-order valence-electron chi connectivity index (χ2n) is 8.43. The van der Waals surface area contributed by atoms with Gasteiger partial charge in [-0.1, -0.05) is 6.07 Å². The van der Waals surface area contributed by atoms with Crippen LogP contribution < -0.4 is 10.9 Å². The van der Waals surface area contributed by atoms with Gasteiger partial charge < -0.3 is 19.9 Å². The number of halogens is 1. The standard InChI is InChI=1S/C22H23FN6O5/c1-28-18(25-11-26-28)15-8-14(23)3-2-13(15)9-24-19(31)16-17(30)20(32)29-12-34-10-22(21(29)27-16)4-6-33-7-5-22/h2-3,8,11,30H,4-7,9-10,12H2,1H3,(H,24,31). The Morgan fingerprint density at radius 1 is 1.29 bits per heavy atom. The molecule has 2 aliphatic rings. The fraction of sp³-hybridized carbons (Fsp3) is 0.409. The number of carbonyl (C=O) groups is 1. The van der Waals surface area contributed by atoms with Crippen LogP contribution in [0, 0.1) is 5.82 Å². The summed E-state index contributed by atoms with van der Waals surface area (Å²) in [7, 11) is 1.67. The summed E-state index contributed by atoms with van der Waals surface area (Å²) >= 11 is 0. The number of benzene rings is 1. The molecule has 0 atom stereocenters. The van der Waals surface area contributed by atoms with Crippen LogP contribution in [0.1, 0.15) is 34.7 Å². The van der Waals surface area contributed by atoms with E-state index in [0.717, 1.165) is 0 Å². The number of hydrogen-bond donors (Lipinski definition) is 2. The molecule has 4 heterocycles. The fourth-order valence-corrected chi connectivity index (χ4v) is 4.46. The predicted octanol–water partition coefficient (Wildman–Crippen LogP) is 0.849. The van der Waals surface area contributed by atoms with Gasteiger partial charge in [0.15, 0.2) is 11.5 Å². The third-order valence-electron chi connectivity index (χ3n) is 6.35. The molecule has 34 heavy (non-hydrogen) atoms. The van der Waals surface area contributed by atoms with Crippen molar-refractivity contribution < 1.29 is 23.8 Å². The van der Waals surface area contributed by atoms with E-state index in [1.807, 2.05) is 0 Å². The van der Waals surface area contributed by atoms with Gasteiger partial charge in [0, 0.05) is 32.4 Å². The van der Waals surface area contributed by atoms with Crippen molar-refractivity contribution >= 4 is 5.91 Å². The molecule has 2 aromatic heterocycles. The normalized spacial score (nSPS) is 16.9. The van der Waals surface area contributed by atoms with Crippen molar-refractivity contribution in [1.29, 1.82) is 0 Å². The number of rotatable bonds is 4. The molecule has 1 fully saturated rings. The molecular weight excluding hydrogens is 447 g/mol. The number of aryl methyl sites for hydroxylation is 1. The van der Waals surface area contributed by atoms with E-state index in [1.54, 1.807) is 7.05 Å². The lowest BCUT2D eigenvalue weighted by atomic mass is 9.79. The Labute approximate surface area is 193 Å². The predicted molar refractivity (Wildman–Crippen MR) is 115 cm³/mol. The summed E-state index contributed by atoms with van der Waals surface area (Å²) < 4.78 is 27.7. The zero-order chi connectivity index (χ0) is 23.9. The van der Waals surface area contributed by atoms with Crippen LogP contribution >= 0.6 is 0 Å². The maximum atomic E-state index is 13.9. The molecule has 0 bridgehead atoms. The smallest absolute Gasteiger partial charge is 0.298 e. The topological polar surface area (TPSA) is 133 Å². The highest BCUT2D eigenvalue weighted by Gasteiger charge is 2.42. The van der Waals surface area contributed by atoms with Crippen LogP contribution in [-0.2, 0) is 35.2 Å². The lowest BCUT2D eigenvalue weighted by Crippen LogP contribution is -2.48. The van der Waals surface area contributed by atoms with E-state index >= 15 is 0 Å². The summed E-state index contributed by atoms with van der Waals surface area (Å²) in [5.41, 5.74) is -0.613. The highest BCUT2D eigenvalue weighted by atomic mass is 19.1.